The van der Waals surface area contributed by atoms with Gasteiger partial charge in [0.05, 0.1) is 6.54 Å². The zero-order valence-electron chi connectivity index (χ0n) is 10.8. The van der Waals surface area contributed by atoms with Crippen molar-refractivity contribution < 1.29 is 4.42 Å². The number of hydrogen-bond acceptors (Lipinski definition) is 5. The summed E-state index contributed by atoms with van der Waals surface area (Å²) in [5.41, 5.74) is 0.206. The molecule has 0 aliphatic heterocycles. The monoisotopic (exact) mass is 226 g/mol. The molecule has 0 bridgehead atoms. The SMILES string of the molecule is CNCc1nnc(NCC(C)(C)C(C)C)o1. The van der Waals surface area contributed by atoms with Crippen molar-refractivity contribution in [3.63, 3.8) is 0 Å². The molecule has 0 aromatic carbocycles. The maximum atomic E-state index is 5.40. The second-order valence-electron chi connectivity index (χ2n) is 5.03. The molecule has 0 aliphatic rings. The smallest absolute Gasteiger partial charge is 0.315 e. The molecule has 0 fully saturated rings. The lowest BCUT2D eigenvalue weighted by atomic mass is 9.81. The molecule has 0 saturated carbocycles. The molecule has 0 unspecified atom stereocenters. The van der Waals surface area contributed by atoms with Gasteiger partial charge in [-0.25, -0.2) is 0 Å². The van der Waals surface area contributed by atoms with E-state index < -0.39 is 0 Å². The molecule has 5 heteroatoms. The van der Waals surface area contributed by atoms with E-state index in [-0.39, 0.29) is 5.41 Å². The molecular formula is C11H22N4O. The van der Waals surface area contributed by atoms with Crippen molar-refractivity contribution >= 4 is 6.01 Å². The molecule has 0 aliphatic carbocycles. The Hall–Kier alpha value is -1.10. The first-order chi connectivity index (χ1) is 7.45. The molecule has 1 heterocycles. The molecule has 0 amide bonds. The third kappa shape index (κ3) is 3.48. The van der Waals surface area contributed by atoms with Crippen LogP contribution in [0.1, 0.15) is 33.6 Å². The fraction of sp³-hybridized carbons (Fsp3) is 0.818. The molecule has 1 rings (SSSR count). The van der Waals surface area contributed by atoms with Crippen molar-refractivity contribution in [2.24, 2.45) is 11.3 Å². The normalized spacial score (nSPS) is 12.1. The van der Waals surface area contributed by atoms with Gasteiger partial charge in [0.15, 0.2) is 0 Å². The van der Waals surface area contributed by atoms with Gasteiger partial charge in [-0.05, 0) is 18.4 Å². The molecule has 0 atom stereocenters. The summed E-state index contributed by atoms with van der Waals surface area (Å²) in [7, 11) is 1.85. The largest absolute Gasteiger partial charge is 0.407 e. The fourth-order valence-electron chi connectivity index (χ4n) is 1.06. The molecule has 0 radical (unpaired) electrons. The molecule has 5 nitrogen and oxygen atoms in total. The first-order valence-corrected chi connectivity index (χ1v) is 5.66. The molecular weight excluding hydrogens is 204 g/mol. The number of rotatable bonds is 6. The van der Waals surface area contributed by atoms with E-state index in [0.29, 0.717) is 24.4 Å². The molecule has 92 valence electrons. The summed E-state index contributed by atoms with van der Waals surface area (Å²) in [6.45, 7) is 10.3. The first-order valence-electron chi connectivity index (χ1n) is 5.66. The summed E-state index contributed by atoms with van der Waals surface area (Å²) in [6, 6.07) is 0.499. The number of aromatic nitrogens is 2. The van der Waals surface area contributed by atoms with E-state index in [0.717, 1.165) is 6.54 Å². The van der Waals surface area contributed by atoms with E-state index in [9.17, 15) is 0 Å². The minimum atomic E-state index is 0.206. The van der Waals surface area contributed by atoms with Crippen molar-refractivity contribution in [3.8, 4) is 0 Å². The van der Waals surface area contributed by atoms with Crippen LogP contribution in [0.2, 0.25) is 0 Å². The summed E-state index contributed by atoms with van der Waals surface area (Å²) in [5, 5.41) is 14.0. The van der Waals surface area contributed by atoms with E-state index in [2.05, 4.69) is 48.5 Å². The van der Waals surface area contributed by atoms with Crippen LogP contribution in [0.25, 0.3) is 0 Å². The zero-order chi connectivity index (χ0) is 12.2. The van der Waals surface area contributed by atoms with E-state index >= 15 is 0 Å². The van der Waals surface area contributed by atoms with Crippen molar-refractivity contribution in [1.82, 2.24) is 15.5 Å². The quantitative estimate of drug-likeness (QED) is 0.775. The molecule has 1 aromatic rings. The highest BCUT2D eigenvalue weighted by molar-refractivity contribution is 5.17. The van der Waals surface area contributed by atoms with Gasteiger partial charge in [-0.2, -0.15) is 0 Å². The Kier molecular flexibility index (Phi) is 4.29. The fourth-order valence-corrected chi connectivity index (χ4v) is 1.06. The van der Waals surface area contributed by atoms with Crippen LogP contribution in [-0.2, 0) is 6.54 Å². The molecule has 1 aromatic heterocycles. The Morgan fingerprint density at radius 2 is 2.00 bits per heavy atom. The van der Waals surface area contributed by atoms with Gasteiger partial charge in [0.25, 0.3) is 0 Å². The zero-order valence-corrected chi connectivity index (χ0v) is 10.8. The maximum absolute atomic E-state index is 5.40. The Labute approximate surface area is 97.0 Å². The molecule has 2 N–H and O–H groups in total. The lowest BCUT2D eigenvalue weighted by Gasteiger charge is -2.28. The molecule has 0 spiro atoms. The standard InChI is InChI=1S/C11H22N4O/c1-8(2)11(3,4)7-13-10-15-14-9(16-10)6-12-5/h8,12H,6-7H2,1-5H3,(H,13,15). The van der Waals surface area contributed by atoms with Gasteiger partial charge in [0.2, 0.25) is 5.89 Å². The highest BCUT2D eigenvalue weighted by Crippen LogP contribution is 2.26. The van der Waals surface area contributed by atoms with Gasteiger partial charge in [-0.1, -0.05) is 32.8 Å². The third-order valence-electron chi connectivity index (χ3n) is 3.05. The third-order valence-corrected chi connectivity index (χ3v) is 3.05. The van der Waals surface area contributed by atoms with Gasteiger partial charge in [0, 0.05) is 6.54 Å². The van der Waals surface area contributed by atoms with Crippen LogP contribution in [-0.4, -0.2) is 23.8 Å². The van der Waals surface area contributed by atoms with E-state index in [1.807, 2.05) is 7.05 Å². The highest BCUT2D eigenvalue weighted by atomic mass is 16.4. The highest BCUT2D eigenvalue weighted by Gasteiger charge is 2.22. The van der Waals surface area contributed by atoms with Crippen molar-refractivity contribution in [3.05, 3.63) is 5.89 Å². The second kappa shape index (κ2) is 5.30. The first kappa shape index (κ1) is 13.0. The van der Waals surface area contributed by atoms with Gasteiger partial charge >= 0.3 is 6.01 Å². The van der Waals surface area contributed by atoms with Crippen LogP contribution in [0.15, 0.2) is 4.42 Å². The van der Waals surface area contributed by atoms with Crippen LogP contribution in [0, 0.1) is 11.3 Å². The minimum Gasteiger partial charge on any atom is -0.407 e. The lowest BCUT2D eigenvalue weighted by molar-refractivity contribution is 0.267. The Morgan fingerprint density at radius 3 is 2.56 bits per heavy atom. The van der Waals surface area contributed by atoms with E-state index in [4.69, 9.17) is 4.42 Å². The second-order valence-corrected chi connectivity index (χ2v) is 5.03. The number of hydrogen-bond donors (Lipinski definition) is 2. The summed E-state index contributed by atoms with van der Waals surface area (Å²) in [5.74, 6) is 1.20. The number of anilines is 1. The average Bonchev–Trinajstić information content (AvgIpc) is 2.63. The average molecular weight is 226 g/mol. The van der Waals surface area contributed by atoms with Crippen molar-refractivity contribution in [1.29, 1.82) is 0 Å². The lowest BCUT2D eigenvalue weighted by Crippen LogP contribution is -2.28. The van der Waals surface area contributed by atoms with Crippen LogP contribution in [0.3, 0.4) is 0 Å². The van der Waals surface area contributed by atoms with Crippen LogP contribution < -0.4 is 10.6 Å². The molecule has 0 saturated heterocycles. The Balaban J connectivity index is 2.48. The summed E-state index contributed by atoms with van der Waals surface area (Å²) in [6.07, 6.45) is 0. The summed E-state index contributed by atoms with van der Waals surface area (Å²) >= 11 is 0. The predicted molar refractivity (Wildman–Crippen MR) is 64.2 cm³/mol. The Morgan fingerprint density at radius 1 is 1.31 bits per heavy atom. The minimum absolute atomic E-state index is 0.206. The van der Waals surface area contributed by atoms with Gasteiger partial charge in [-0.15, -0.1) is 5.10 Å². The summed E-state index contributed by atoms with van der Waals surface area (Å²) < 4.78 is 5.40. The van der Waals surface area contributed by atoms with Crippen LogP contribution >= 0.6 is 0 Å². The van der Waals surface area contributed by atoms with Gasteiger partial charge in [0.1, 0.15) is 0 Å². The van der Waals surface area contributed by atoms with Gasteiger partial charge in [-0.3, -0.25) is 0 Å². The van der Waals surface area contributed by atoms with E-state index in [1.165, 1.54) is 0 Å². The summed E-state index contributed by atoms with van der Waals surface area (Å²) in [4.78, 5) is 0. The molecule has 16 heavy (non-hydrogen) atoms. The van der Waals surface area contributed by atoms with Crippen LogP contribution in [0.4, 0.5) is 6.01 Å². The maximum Gasteiger partial charge on any atom is 0.315 e. The van der Waals surface area contributed by atoms with Crippen molar-refractivity contribution in [2.45, 2.75) is 34.2 Å². The number of nitrogens with one attached hydrogen (secondary N) is 2. The predicted octanol–water partition coefficient (Wildman–Crippen LogP) is 1.88. The Bertz CT molecular complexity index is 320. The topological polar surface area (TPSA) is 63.0 Å². The van der Waals surface area contributed by atoms with E-state index in [1.54, 1.807) is 0 Å². The number of nitrogens with zero attached hydrogens (tertiary/aromatic N) is 2. The van der Waals surface area contributed by atoms with Crippen LogP contribution in [0.5, 0.6) is 0 Å². The van der Waals surface area contributed by atoms with Crippen molar-refractivity contribution in [2.75, 3.05) is 18.9 Å². The van der Waals surface area contributed by atoms with Gasteiger partial charge < -0.3 is 15.1 Å².